The Morgan fingerprint density at radius 1 is 1.24 bits per heavy atom. The van der Waals surface area contributed by atoms with Crippen LogP contribution in [0.4, 0.5) is 0 Å². The second-order valence-corrected chi connectivity index (χ2v) is 3.83. The van der Waals surface area contributed by atoms with Gasteiger partial charge >= 0.3 is 11.9 Å². The van der Waals surface area contributed by atoms with E-state index in [2.05, 4.69) is 5.32 Å². The fraction of sp³-hybridized carbons (Fsp3) is 0.700. The Kier molecular flexibility index (Phi) is 5.60. The van der Waals surface area contributed by atoms with E-state index in [0.29, 0.717) is 12.8 Å². The number of hydrogen-bond acceptors (Lipinski definition) is 4. The molecule has 98 valence electrons. The number of carbonyl (C=O) groups excluding carboxylic acids is 1. The molecule has 0 fully saturated rings. The molecule has 0 saturated heterocycles. The van der Waals surface area contributed by atoms with E-state index in [1.54, 1.807) is 13.8 Å². The number of nitrogens with two attached hydrogens (primary N) is 1. The molecule has 1 amide bonds. The van der Waals surface area contributed by atoms with Gasteiger partial charge in [-0.05, 0) is 12.8 Å². The van der Waals surface area contributed by atoms with Crippen molar-refractivity contribution in [3.63, 3.8) is 0 Å². The van der Waals surface area contributed by atoms with E-state index in [1.165, 1.54) is 0 Å². The van der Waals surface area contributed by atoms with Gasteiger partial charge < -0.3 is 21.3 Å². The lowest BCUT2D eigenvalue weighted by molar-refractivity contribution is -0.147. The minimum Gasteiger partial charge on any atom is -0.481 e. The van der Waals surface area contributed by atoms with Gasteiger partial charge in [0.05, 0.1) is 12.0 Å². The summed E-state index contributed by atoms with van der Waals surface area (Å²) >= 11 is 0. The average Bonchev–Trinajstić information content (AvgIpc) is 2.26. The lowest BCUT2D eigenvalue weighted by Gasteiger charge is -2.26. The molecule has 0 aliphatic carbocycles. The van der Waals surface area contributed by atoms with Crippen LogP contribution in [0.1, 0.15) is 33.1 Å². The first-order valence-corrected chi connectivity index (χ1v) is 5.31. The zero-order chi connectivity index (χ0) is 13.6. The zero-order valence-electron chi connectivity index (χ0n) is 9.90. The molecule has 0 saturated carbocycles. The second kappa shape index (κ2) is 6.19. The molecular formula is C10H18N2O5. The van der Waals surface area contributed by atoms with Gasteiger partial charge in [-0.1, -0.05) is 13.8 Å². The quantitative estimate of drug-likeness (QED) is 0.481. The Morgan fingerprint density at radius 3 is 2.00 bits per heavy atom. The fourth-order valence-electron chi connectivity index (χ4n) is 1.25. The highest BCUT2D eigenvalue weighted by Gasteiger charge is 2.33. The fourth-order valence-corrected chi connectivity index (χ4v) is 1.25. The van der Waals surface area contributed by atoms with Crippen molar-refractivity contribution < 1.29 is 24.6 Å². The predicted octanol–water partition coefficient (Wildman–Crippen LogP) is -0.452. The molecule has 0 aromatic rings. The number of hydrogen-bond donors (Lipinski definition) is 4. The molecule has 0 aliphatic heterocycles. The predicted molar refractivity (Wildman–Crippen MR) is 59.3 cm³/mol. The summed E-state index contributed by atoms with van der Waals surface area (Å²) in [4.78, 5) is 32.9. The maximum Gasteiger partial charge on any atom is 0.326 e. The molecule has 0 heterocycles. The van der Waals surface area contributed by atoms with Crippen LogP contribution < -0.4 is 11.1 Å². The molecule has 0 aromatic carbocycles. The monoisotopic (exact) mass is 246 g/mol. The van der Waals surface area contributed by atoms with E-state index in [0.717, 1.165) is 0 Å². The number of rotatable bonds is 7. The molecule has 7 nitrogen and oxygen atoms in total. The van der Waals surface area contributed by atoms with Gasteiger partial charge in [0.15, 0.2) is 0 Å². The number of carbonyl (C=O) groups is 3. The third kappa shape index (κ3) is 4.39. The molecule has 0 aromatic heterocycles. The van der Waals surface area contributed by atoms with E-state index in [-0.39, 0.29) is 0 Å². The van der Waals surface area contributed by atoms with Crippen LogP contribution in [0.3, 0.4) is 0 Å². The first-order valence-electron chi connectivity index (χ1n) is 5.31. The van der Waals surface area contributed by atoms with Gasteiger partial charge in [-0.15, -0.1) is 0 Å². The van der Waals surface area contributed by atoms with Crippen molar-refractivity contribution in [3.05, 3.63) is 0 Å². The summed E-state index contributed by atoms with van der Waals surface area (Å²) in [5.41, 5.74) is 4.61. The third-order valence-electron chi connectivity index (χ3n) is 2.70. The highest BCUT2D eigenvalue weighted by Crippen LogP contribution is 2.11. The van der Waals surface area contributed by atoms with Crippen LogP contribution in [-0.4, -0.2) is 39.6 Å². The maximum absolute atomic E-state index is 11.7. The van der Waals surface area contributed by atoms with Gasteiger partial charge in [0.25, 0.3) is 0 Å². The van der Waals surface area contributed by atoms with Crippen molar-refractivity contribution in [3.8, 4) is 0 Å². The summed E-state index contributed by atoms with van der Waals surface area (Å²) in [6, 6.07) is -1.46. The molecule has 5 N–H and O–H groups in total. The summed E-state index contributed by atoms with van der Waals surface area (Å²) in [7, 11) is 0. The number of carboxylic acids is 2. The van der Waals surface area contributed by atoms with Crippen LogP contribution in [-0.2, 0) is 14.4 Å². The largest absolute Gasteiger partial charge is 0.481 e. The van der Waals surface area contributed by atoms with Crippen molar-refractivity contribution in [2.24, 2.45) is 5.73 Å². The smallest absolute Gasteiger partial charge is 0.326 e. The van der Waals surface area contributed by atoms with Crippen molar-refractivity contribution in [1.29, 1.82) is 0 Å². The minimum atomic E-state index is -1.46. The second-order valence-electron chi connectivity index (χ2n) is 3.83. The van der Waals surface area contributed by atoms with E-state index in [4.69, 9.17) is 15.9 Å². The van der Waals surface area contributed by atoms with Crippen molar-refractivity contribution in [2.75, 3.05) is 0 Å². The standard InChI is InChI=1S/C10H18N2O5/c1-3-10(11,4-2)9(17)12-6(8(15)16)5-7(13)14/h6H,3-5,11H2,1-2H3,(H,12,17)(H,13,14)(H,15,16). The van der Waals surface area contributed by atoms with Crippen LogP contribution in [0, 0.1) is 0 Å². The molecule has 0 rings (SSSR count). The highest BCUT2D eigenvalue weighted by molar-refractivity contribution is 5.91. The normalized spacial score (nSPS) is 12.9. The van der Waals surface area contributed by atoms with Crippen molar-refractivity contribution in [2.45, 2.75) is 44.7 Å². The molecular weight excluding hydrogens is 228 g/mol. The van der Waals surface area contributed by atoms with Crippen LogP contribution in [0.15, 0.2) is 0 Å². The van der Waals surface area contributed by atoms with E-state index < -0.39 is 35.8 Å². The summed E-state index contributed by atoms with van der Waals surface area (Å²) in [6.45, 7) is 3.41. The van der Waals surface area contributed by atoms with Gasteiger partial charge in [-0.25, -0.2) is 4.79 Å². The van der Waals surface area contributed by atoms with Gasteiger partial charge in [0.2, 0.25) is 5.91 Å². The van der Waals surface area contributed by atoms with E-state index in [1.807, 2.05) is 0 Å². The molecule has 1 unspecified atom stereocenters. The lowest BCUT2D eigenvalue weighted by atomic mass is 9.92. The lowest BCUT2D eigenvalue weighted by Crippen LogP contribution is -2.57. The summed E-state index contributed by atoms with van der Waals surface area (Å²) in [6.07, 6.45) is 0.00801. The Morgan fingerprint density at radius 2 is 1.71 bits per heavy atom. The van der Waals surface area contributed by atoms with Crippen molar-refractivity contribution >= 4 is 17.8 Å². The van der Waals surface area contributed by atoms with Crippen LogP contribution >= 0.6 is 0 Å². The van der Waals surface area contributed by atoms with Crippen LogP contribution in [0.5, 0.6) is 0 Å². The molecule has 7 heteroatoms. The SMILES string of the molecule is CCC(N)(CC)C(=O)NC(CC(=O)O)C(=O)O. The minimum absolute atomic E-state index is 0.342. The summed E-state index contributed by atoms with van der Waals surface area (Å²) in [5.74, 6) is -3.33. The van der Waals surface area contributed by atoms with Crippen LogP contribution in [0.25, 0.3) is 0 Å². The maximum atomic E-state index is 11.7. The van der Waals surface area contributed by atoms with Gasteiger partial charge in [-0.3, -0.25) is 9.59 Å². The molecule has 0 bridgehead atoms. The van der Waals surface area contributed by atoms with Gasteiger partial charge in [0.1, 0.15) is 6.04 Å². The number of carboxylic acid groups (broad SMARTS) is 2. The Balaban J connectivity index is 4.71. The third-order valence-corrected chi connectivity index (χ3v) is 2.70. The first-order chi connectivity index (χ1) is 7.76. The molecule has 0 radical (unpaired) electrons. The zero-order valence-corrected chi connectivity index (χ0v) is 9.90. The molecule has 0 aliphatic rings. The number of amides is 1. The summed E-state index contributed by atoms with van der Waals surface area (Å²) in [5, 5.41) is 19.4. The Labute approximate surface area is 99.0 Å². The van der Waals surface area contributed by atoms with Gasteiger partial charge in [-0.2, -0.15) is 0 Å². The Hall–Kier alpha value is -1.63. The number of aliphatic carboxylic acids is 2. The van der Waals surface area contributed by atoms with Crippen LogP contribution in [0.2, 0.25) is 0 Å². The highest BCUT2D eigenvalue weighted by atomic mass is 16.4. The summed E-state index contributed by atoms with van der Waals surface area (Å²) < 4.78 is 0. The Bertz CT molecular complexity index is 312. The van der Waals surface area contributed by atoms with E-state index >= 15 is 0 Å². The molecule has 17 heavy (non-hydrogen) atoms. The molecule has 1 atom stereocenters. The average molecular weight is 246 g/mol. The number of nitrogens with one attached hydrogen (secondary N) is 1. The first kappa shape index (κ1) is 15.4. The van der Waals surface area contributed by atoms with E-state index in [9.17, 15) is 14.4 Å². The topological polar surface area (TPSA) is 130 Å². The van der Waals surface area contributed by atoms with Crippen molar-refractivity contribution in [1.82, 2.24) is 5.32 Å². The van der Waals surface area contributed by atoms with Gasteiger partial charge in [0, 0.05) is 0 Å². The molecule has 0 spiro atoms.